The highest BCUT2D eigenvalue weighted by atomic mass is 19.4. The van der Waals surface area contributed by atoms with Crippen molar-refractivity contribution in [1.29, 1.82) is 0 Å². The van der Waals surface area contributed by atoms with Gasteiger partial charge in [0.1, 0.15) is 11.4 Å². The number of benzene rings is 1. The van der Waals surface area contributed by atoms with Gasteiger partial charge in [0.05, 0.1) is 31.5 Å². The van der Waals surface area contributed by atoms with Crippen molar-refractivity contribution in [3.05, 3.63) is 35.5 Å². The molecule has 11 heteroatoms. The third-order valence-corrected chi connectivity index (χ3v) is 2.66. The summed E-state index contributed by atoms with van der Waals surface area (Å²) in [7, 11) is 1.90. The van der Waals surface area contributed by atoms with Gasteiger partial charge < -0.3 is 19.5 Å². The minimum Gasteiger partial charge on any atom is -0.466 e. The van der Waals surface area contributed by atoms with E-state index in [1.807, 2.05) is 5.32 Å². The second kappa shape index (κ2) is 8.31. The molecule has 1 aromatic carbocycles. The fourth-order valence-corrected chi connectivity index (χ4v) is 1.63. The van der Waals surface area contributed by atoms with E-state index in [1.54, 1.807) is 0 Å². The smallest absolute Gasteiger partial charge is 0.418 e. The van der Waals surface area contributed by atoms with Crippen LogP contribution in [-0.4, -0.2) is 32.8 Å². The van der Waals surface area contributed by atoms with Crippen LogP contribution in [-0.2, 0) is 25.2 Å². The second-order valence-electron chi connectivity index (χ2n) is 4.28. The van der Waals surface area contributed by atoms with Gasteiger partial charge in [-0.3, -0.25) is 0 Å². The van der Waals surface area contributed by atoms with E-state index in [0.29, 0.717) is 24.3 Å². The summed E-state index contributed by atoms with van der Waals surface area (Å²) in [6.45, 7) is -3.27. The Morgan fingerprint density at radius 1 is 1.16 bits per heavy atom. The molecule has 0 aliphatic rings. The monoisotopic (exact) mass is 369 g/mol. The maximum absolute atomic E-state index is 13.0. The zero-order chi connectivity index (χ0) is 19.2. The zero-order valence-electron chi connectivity index (χ0n) is 12.8. The van der Waals surface area contributed by atoms with E-state index < -0.39 is 47.4 Å². The number of halogens is 5. The number of alkyl halides is 5. The van der Waals surface area contributed by atoms with Crippen LogP contribution < -0.4 is 10.1 Å². The number of methoxy groups -OCH3 is 2. The molecule has 138 valence electrons. The van der Waals surface area contributed by atoms with Crippen molar-refractivity contribution in [3.8, 4) is 5.75 Å². The fraction of sp³-hybridized carbons (Fsp3) is 0.286. The molecule has 1 rings (SSSR count). The summed E-state index contributed by atoms with van der Waals surface area (Å²) in [6.07, 6.45) is -4.33. The van der Waals surface area contributed by atoms with Gasteiger partial charge >= 0.3 is 24.7 Å². The highest BCUT2D eigenvalue weighted by Gasteiger charge is 2.34. The highest BCUT2D eigenvalue weighted by molar-refractivity contribution is 5.98. The van der Waals surface area contributed by atoms with Crippen LogP contribution in [0.2, 0.25) is 0 Å². The lowest BCUT2D eigenvalue weighted by atomic mass is 10.1. The SMILES string of the molecule is COC(=O)/C=C(/Nc1cc(OC(F)F)ccc1C(F)(F)F)C(=O)OC. The number of carbonyl (C=O) groups is 2. The summed E-state index contributed by atoms with van der Waals surface area (Å²) in [6, 6.07) is 1.76. The number of ether oxygens (including phenoxy) is 3. The number of anilines is 1. The molecule has 0 heterocycles. The summed E-state index contributed by atoms with van der Waals surface area (Å²) in [5.41, 5.74) is -2.78. The minimum absolute atomic E-state index is 0.479. The predicted molar refractivity (Wildman–Crippen MR) is 73.8 cm³/mol. The Hall–Kier alpha value is -2.85. The Morgan fingerprint density at radius 3 is 2.28 bits per heavy atom. The van der Waals surface area contributed by atoms with Crippen molar-refractivity contribution in [2.24, 2.45) is 0 Å². The molecule has 0 radical (unpaired) electrons. The van der Waals surface area contributed by atoms with Crippen molar-refractivity contribution in [2.45, 2.75) is 12.8 Å². The lowest BCUT2D eigenvalue weighted by molar-refractivity contribution is -0.138. The lowest BCUT2D eigenvalue weighted by Gasteiger charge is -2.17. The molecule has 0 amide bonds. The molecule has 6 nitrogen and oxygen atoms in total. The molecule has 0 bridgehead atoms. The van der Waals surface area contributed by atoms with Crippen molar-refractivity contribution in [1.82, 2.24) is 0 Å². The topological polar surface area (TPSA) is 73.9 Å². The molecule has 25 heavy (non-hydrogen) atoms. The molecule has 0 saturated heterocycles. The van der Waals surface area contributed by atoms with Crippen LogP contribution in [0.3, 0.4) is 0 Å². The van der Waals surface area contributed by atoms with E-state index in [2.05, 4.69) is 14.2 Å². The average molecular weight is 369 g/mol. The summed E-state index contributed by atoms with van der Waals surface area (Å²) in [4.78, 5) is 22.8. The molecule has 0 unspecified atom stereocenters. The number of carbonyl (C=O) groups excluding carboxylic acids is 2. The number of esters is 2. The molecule has 0 aromatic heterocycles. The summed E-state index contributed by atoms with van der Waals surface area (Å²) in [5, 5.41) is 2.02. The number of rotatable bonds is 6. The van der Waals surface area contributed by atoms with Gasteiger partial charge in [-0.15, -0.1) is 0 Å². The largest absolute Gasteiger partial charge is 0.466 e. The van der Waals surface area contributed by atoms with E-state index in [9.17, 15) is 31.5 Å². The molecule has 0 atom stereocenters. The van der Waals surface area contributed by atoms with Gasteiger partial charge in [-0.1, -0.05) is 0 Å². The van der Waals surface area contributed by atoms with Crippen LogP contribution in [0.25, 0.3) is 0 Å². The van der Waals surface area contributed by atoms with Crippen LogP contribution >= 0.6 is 0 Å². The normalized spacial score (nSPS) is 11.9. The van der Waals surface area contributed by atoms with Gasteiger partial charge in [0.15, 0.2) is 0 Å². The third-order valence-electron chi connectivity index (χ3n) is 2.66. The lowest BCUT2D eigenvalue weighted by Crippen LogP contribution is -2.18. The number of hydrogen-bond donors (Lipinski definition) is 1. The fourth-order valence-electron chi connectivity index (χ4n) is 1.63. The first-order chi connectivity index (χ1) is 11.6. The van der Waals surface area contributed by atoms with Gasteiger partial charge in [-0.05, 0) is 12.1 Å². The van der Waals surface area contributed by atoms with E-state index in [-0.39, 0.29) is 0 Å². The molecule has 1 N–H and O–H groups in total. The van der Waals surface area contributed by atoms with Crippen LogP contribution in [0.15, 0.2) is 30.0 Å². The van der Waals surface area contributed by atoms with E-state index in [1.165, 1.54) is 0 Å². The van der Waals surface area contributed by atoms with Crippen molar-refractivity contribution in [2.75, 3.05) is 19.5 Å². The van der Waals surface area contributed by atoms with Gasteiger partial charge in [0.25, 0.3) is 0 Å². The Bertz CT molecular complexity index is 672. The Morgan fingerprint density at radius 2 is 1.80 bits per heavy atom. The number of nitrogens with one attached hydrogen (secondary N) is 1. The van der Waals surface area contributed by atoms with E-state index >= 15 is 0 Å². The van der Waals surface area contributed by atoms with Gasteiger partial charge in [-0.25, -0.2) is 9.59 Å². The molecular formula is C14H12F5NO5. The average Bonchev–Trinajstić information content (AvgIpc) is 2.51. The predicted octanol–water partition coefficient (Wildman–Crippen LogP) is 2.95. The van der Waals surface area contributed by atoms with Crippen LogP contribution in [0.1, 0.15) is 5.56 Å². The maximum Gasteiger partial charge on any atom is 0.418 e. The summed E-state index contributed by atoms with van der Waals surface area (Å²) >= 11 is 0. The van der Waals surface area contributed by atoms with Crippen molar-refractivity contribution < 1.29 is 45.8 Å². The first-order valence-corrected chi connectivity index (χ1v) is 6.39. The van der Waals surface area contributed by atoms with Crippen molar-refractivity contribution >= 4 is 17.6 Å². The molecule has 1 aromatic rings. The Balaban J connectivity index is 3.36. The maximum atomic E-state index is 13.0. The van der Waals surface area contributed by atoms with Gasteiger partial charge in [0, 0.05) is 6.07 Å². The summed E-state index contributed by atoms with van der Waals surface area (Å²) < 4.78 is 76.3. The highest BCUT2D eigenvalue weighted by Crippen LogP contribution is 2.37. The Labute approximate surface area is 138 Å². The Kier molecular flexibility index (Phi) is 6.71. The standard InChI is InChI=1S/C14H12F5NO5/c1-23-11(21)6-10(12(22)24-2)20-9-5-7(25-13(15)16)3-4-8(9)14(17,18)19/h3-6,13,20H,1-2H3/b10-6+. The first kappa shape index (κ1) is 20.2. The molecule has 0 aliphatic heterocycles. The molecular weight excluding hydrogens is 357 g/mol. The van der Waals surface area contributed by atoms with E-state index in [0.717, 1.165) is 14.2 Å². The zero-order valence-corrected chi connectivity index (χ0v) is 12.8. The van der Waals surface area contributed by atoms with Crippen LogP contribution in [0.4, 0.5) is 27.6 Å². The molecule has 0 aliphatic carbocycles. The molecule has 0 saturated carbocycles. The number of hydrogen-bond acceptors (Lipinski definition) is 6. The van der Waals surface area contributed by atoms with Gasteiger partial charge in [0.2, 0.25) is 0 Å². The minimum atomic E-state index is -4.88. The quantitative estimate of drug-likeness (QED) is 0.472. The van der Waals surface area contributed by atoms with Crippen LogP contribution in [0, 0.1) is 0 Å². The first-order valence-electron chi connectivity index (χ1n) is 6.39. The molecule has 0 fully saturated rings. The van der Waals surface area contributed by atoms with Crippen molar-refractivity contribution in [3.63, 3.8) is 0 Å². The molecule has 0 spiro atoms. The third kappa shape index (κ3) is 5.94. The second-order valence-corrected chi connectivity index (χ2v) is 4.28. The summed E-state index contributed by atoms with van der Waals surface area (Å²) in [5.74, 6) is -2.83. The van der Waals surface area contributed by atoms with E-state index in [4.69, 9.17) is 0 Å². The van der Waals surface area contributed by atoms with Gasteiger partial charge in [-0.2, -0.15) is 22.0 Å². The van der Waals surface area contributed by atoms with Crippen LogP contribution in [0.5, 0.6) is 5.75 Å².